The lowest BCUT2D eigenvalue weighted by Gasteiger charge is -2.27. The summed E-state index contributed by atoms with van der Waals surface area (Å²) in [6.45, 7) is 11.5. The molecule has 0 amide bonds. The van der Waals surface area contributed by atoms with Gasteiger partial charge in [0, 0.05) is 37.1 Å². The molecule has 25 heavy (non-hydrogen) atoms. The molecule has 1 aliphatic rings. The minimum absolute atomic E-state index is 0.0313. The van der Waals surface area contributed by atoms with Crippen molar-refractivity contribution in [1.82, 2.24) is 20.8 Å². The molecule has 1 atom stereocenters. The highest BCUT2D eigenvalue weighted by atomic mass is 16.5. The predicted molar refractivity (Wildman–Crippen MR) is 95.4 cm³/mol. The maximum Gasteiger partial charge on any atom is 0.232 e. The summed E-state index contributed by atoms with van der Waals surface area (Å²) in [5, 5.41) is 19.9. The molecule has 1 unspecified atom stereocenters. The lowest BCUT2D eigenvalue weighted by atomic mass is 9.84. The molecule has 2 rings (SSSR count). The largest absolute Gasteiger partial charge is 0.396 e. The van der Waals surface area contributed by atoms with Crippen molar-refractivity contribution in [3.05, 3.63) is 11.7 Å². The van der Waals surface area contributed by atoms with E-state index in [2.05, 4.69) is 25.8 Å². The van der Waals surface area contributed by atoms with E-state index in [0.717, 1.165) is 26.0 Å². The Morgan fingerprint density at radius 3 is 2.72 bits per heavy atom. The van der Waals surface area contributed by atoms with Crippen molar-refractivity contribution in [3.8, 4) is 0 Å². The second-order valence-electron chi connectivity index (χ2n) is 7.59. The average Bonchev–Trinajstić information content (AvgIpc) is 3.20. The quantitative estimate of drug-likeness (QED) is 0.500. The molecule has 0 bridgehead atoms. The Morgan fingerprint density at radius 1 is 1.36 bits per heavy atom. The van der Waals surface area contributed by atoms with Crippen molar-refractivity contribution in [1.29, 1.82) is 0 Å². The van der Waals surface area contributed by atoms with Gasteiger partial charge in [-0.3, -0.25) is 0 Å². The summed E-state index contributed by atoms with van der Waals surface area (Å²) in [6.07, 6.45) is 1.67. The van der Waals surface area contributed by atoms with Crippen LogP contribution in [0.25, 0.3) is 0 Å². The second-order valence-corrected chi connectivity index (χ2v) is 7.59. The van der Waals surface area contributed by atoms with Gasteiger partial charge in [-0.15, -0.1) is 0 Å². The summed E-state index contributed by atoms with van der Waals surface area (Å²) >= 11 is 0. The van der Waals surface area contributed by atoms with Gasteiger partial charge in [-0.25, -0.2) is 4.99 Å². The lowest BCUT2D eigenvalue weighted by molar-refractivity contribution is 0.127. The fourth-order valence-corrected chi connectivity index (χ4v) is 2.70. The molecule has 1 aromatic heterocycles. The minimum Gasteiger partial charge on any atom is -0.396 e. The molecule has 1 aromatic rings. The van der Waals surface area contributed by atoms with Gasteiger partial charge in [0.05, 0.1) is 6.61 Å². The molecule has 1 fully saturated rings. The Morgan fingerprint density at radius 2 is 2.16 bits per heavy atom. The van der Waals surface area contributed by atoms with Gasteiger partial charge >= 0.3 is 0 Å². The fraction of sp³-hybridized carbons (Fsp3) is 0.824. The number of hydrogen-bond donors (Lipinski definition) is 3. The van der Waals surface area contributed by atoms with Gasteiger partial charge in [0.1, 0.15) is 6.54 Å². The molecule has 1 aliphatic heterocycles. The maximum absolute atomic E-state index is 9.32. The molecule has 3 N–H and O–H groups in total. The Kier molecular flexibility index (Phi) is 6.78. The Bertz CT molecular complexity index is 559. The van der Waals surface area contributed by atoms with Gasteiger partial charge in [-0.05, 0) is 19.8 Å². The van der Waals surface area contributed by atoms with Crippen molar-refractivity contribution in [3.63, 3.8) is 0 Å². The zero-order valence-corrected chi connectivity index (χ0v) is 15.8. The molecule has 0 spiro atoms. The number of nitrogens with zero attached hydrogens (tertiary/aromatic N) is 3. The van der Waals surface area contributed by atoms with E-state index >= 15 is 0 Å². The van der Waals surface area contributed by atoms with Crippen LogP contribution in [0.1, 0.15) is 52.3 Å². The Hall–Kier alpha value is -1.67. The van der Waals surface area contributed by atoms with Gasteiger partial charge in [0.2, 0.25) is 5.89 Å². The highest BCUT2D eigenvalue weighted by molar-refractivity contribution is 5.79. The first-order valence-corrected chi connectivity index (χ1v) is 8.92. The van der Waals surface area contributed by atoms with Crippen LogP contribution in [0.4, 0.5) is 0 Å². The smallest absolute Gasteiger partial charge is 0.232 e. The molecular formula is C17H31N5O3. The summed E-state index contributed by atoms with van der Waals surface area (Å²) in [4.78, 5) is 8.94. The van der Waals surface area contributed by atoms with Crippen molar-refractivity contribution in [2.75, 3.05) is 32.9 Å². The van der Waals surface area contributed by atoms with Crippen LogP contribution in [0.2, 0.25) is 0 Å². The molecule has 2 heterocycles. The molecular weight excluding hydrogens is 322 g/mol. The second kappa shape index (κ2) is 8.62. The summed E-state index contributed by atoms with van der Waals surface area (Å²) in [5.41, 5.74) is -0.201. The van der Waals surface area contributed by atoms with Gasteiger partial charge in [0.15, 0.2) is 11.8 Å². The minimum atomic E-state index is -0.170. The number of rotatable bonds is 7. The monoisotopic (exact) mass is 353 g/mol. The number of aliphatic hydroxyl groups is 1. The zero-order chi connectivity index (χ0) is 18.3. The summed E-state index contributed by atoms with van der Waals surface area (Å²) < 4.78 is 10.8. The van der Waals surface area contributed by atoms with Crippen LogP contribution in [0.3, 0.4) is 0 Å². The molecule has 8 nitrogen and oxygen atoms in total. The van der Waals surface area contributed by atoms with E-state index < -0.39 is 0 Å². The van der Waals surface area contributed by atoms with E-state index in [-0.39, 0.29) is 17.4 Å². The number of hydrogen-bond acceptors (Lipinski definition) is 6. The van der Waals surface area contributed by atoms with Crippen molar-refractivity contribution < 1.29 is 14.4 Å². The SMILES string of the molecule is CCNC(=NCc1noc(C(C)(C)C)n1)NCC1(CCO)CCOC1. The first-order valence-electron chi connectivity index (χ1n) is 8.92. The van der Waals surface area contributed by atoms with Gasteiger partial charge in [-0.1, -0.05) is 25.9 Å². The molecule has 0 aromatic carbocycles. The van der Waals surface area contributed by atoms with E-state index in [1.54, 1.807) is 0 Å². The molecule has 8 heteroatoms. The Labute approximate surface area is 149 Å². The van der Waals surface area contributed by atoms with Crippen LogP contribution in [0.15, 0.2) is 9.52 Å². The van der Waals surface area contributed by atoms with E-state index in [4.69, 9.17) is 9.26 Å². The van der Waals surface area contributed by atoms with Crippen LogP contribution in [-0.2, 0) is 16.7 Å². The van der Waals surface area contributed by atoms with Crippen molar-refractivity contribution in [2.24, 2.45) is 10.4 Å². The van der Waals surface area contributed by atoms with E-state index in [1.807, 2.05) is 27.7 Å². The highest BCUT2D eigenvalue weighted by Gasteiger charge is 2.34. The third-order valence-electron chi connectivity index (χ3n) is 4.29. The average molecular weight is 353 g/mol. The topological polar surface area (TPSA) is 105 Å². The van der Waals surface area contributed by atoms with Gasteiger partial charge < -0.3 is 25.0 Å². The molecule has 0 saturated carbocycles. The molecule has 0 aliphatic carbocycles. The first kappa shape index (κ1) is 19.7. The fourth-order valence-electron chi connectivity index (χ4n) is 2.70. The summed E-state index contributed by atoms with van der Waals surface area (Å²) in [7, 11) is 0. The summed E-state index contributed by atoms with van der Waals surface area (Å²) in [5.74, 6) is 1.88. The predicted octanol–water partition coefficient (Wildman–Crippen LogP) is 1.21. The number of ether oxygens (including phenoxy) is 1. The molecule has 1 saturated heterocycles. The van der Waals surface area contributed by atoms with E-state index in [9.17, 15) is 5.11 Å². The van der Waals surface area contributed by atoms with E-state index in [1.165, 1.54) is 0 Å². The third-order valence-corrected chi connectivity index (χ3v) is 4.29. The summed E-state index contributed by atoms with van der Waals surface area (Å²) in [6, 6.07) is 0. The zero-order valence-electron chi connectivity index (χ0n) is 15.8. The van der Waals surface area contributed by atoms with Gasteiger partial charge in [-0.2, -0.15) is 4.98 Å². The number of nitrogens with one attached hydrogen (secondary N) is 2. The van der Waals surface area contributed by atoms with Crippen LogP contribution >= 0.6 is 0 Å². The highest BCUT2D eigenvalue weighted by Crippen LogP contribution is 2.31. The Balaban J connectivity index is 1.97. The van der Waals surface area contributed by atoms with Crippen LogP contribution in [0.5, 0.6) is 0 Å². The van der Waals surface area contributed by atoms with Crippen LogP contribution < -0.4 is 10.6 Å². The maximum atomic E-state index is 9.32. The standard InChI is InChI=1S/C17H31N5O3/c1-5-18-15(20-11-17(6-8-23)7-9-24-12-17)19-10-13-21-14(25-22-13)16(2,3)4/h23H,5-12H2,1-4H3,(H2,18,19,20). The molecule has 0 radical (unpaired) electrons. The number of guanidine groups is 1. The van der Waals surface area contributed by atoms with Crippen LogP contribution in [-0.4, -0.2) is 54.1 Å². The van der Waals surface area contributed by atoms with Gasteiger partial charge in [0.25, 0.3) is 0 Å². The third kappa shape index (κ3) is 5.67. The van der Waals surface area contributed by atoms with Crippen molar-refractivity contribution >= 4 is 5.96 Å². The normalized spacial score (nSPS) is 21.6. The van der Waals surface area contributed by atoms with Crippen molar-refractivity contribution in [2.45, 2.75) is 52.5 Å². The lowest BCUT2D eigenvalue weighted by Crippen LogP contribution is -2.44. The number of aliphatic imine (C=N–C) groups is 1. The number of aliphatic hydroxyl groups excluding tert-OH is 1. The molecule has 142 valence electrons. The number of aromatic nitrogens is 2. The van der Waals surface area contributed by atoms with E-state index in [0.29, 0.717) is 37.4 Å². The van der Waals surface area contributed by atoms with Crippen LogP contribution in [0, 0.1) is 5.41 Å². The first-order chi connectivity index (χ1) is 11.9.